The number of aromatic nitrogens is 1. The molecule has 0 amide bonds. The molecule has 0 saturated carbocycles. The number of azo groups is 1. The highest BCUT2D eigenvalue weighted by Crippen LogP contribution is 2.26. The summed E-state index contributed by atoms with van der Waals surface area (Å²) < 4.78 is 1.95. The predicted octanol–water partition coefficient (Wildman–Crippen LogP) is 4.55. The zero-order valence-electron chi connectivity index (χ0n) is 13.4. The Hall–Kier alpha value is -2.73. The second-order valence-corrected chi connectivity index (χ2v) is 6.58. The molecule has 24 heavy (non-hydrogen) atoms. The Morgan fingerprint density at radius 2 is 1.62 bits per heavy atom. The number of hydrogen-bond donors (Lipinski definition) is 1. The van der Waals surface area contributed by atoms with Gasteiger partial charge in [0.15, 0.2) is 0 Å². The van der Waals surface area contributed by atoms with Gasteiger partial charge in [0, 0.05) is 35.5 Å². The zero-order chi connectivity index (χ0) is 16.4. The summed E-state index contributed by atoms with van der Waals surface area (Å²) in [5.74, 6) is 0. The van der Waals surface area contributed by atoms with Crippen molar-refractivity contribution in [3.8, 4) is 0 Å². The largest absolute Gasteiger partial charge is 0.408 e. The highest BCUT2D eigenvalue weighted by molar-refractivity contribution is 7.12. The van der Waals surface area contributed by atoms with Gasteiger partial charge in [0.05, 0.1) is 12.2 Å². The summed E-state index contributed by atoms with van der Waals surface area (Å²) in [6.07, 6.45) is 1.97. The van der Waals surface area contributed by atoms with Crippen molar-refractivity contribution in [2.75, 3.05) is 23.3 Å². The van der Waals surface area contributed by atoms with E-state index in [0.717, 1.165) is 22.2 Å². The Morgan fingerprint density at radius 3 is 2.21 bits per heavy atom. The normalized spacial score (nSPS) is 13.5. The molecule has 0 radical (unpaired) electrons. The molecule has 0 bridgehead atoms. The minimum Gasteiger partial charge on any atom is -0.368 e. The predicted molar refractivity (Wildman–Crippen MR) is 98.1 cm³/mol. The number of thiazole rings is 1. The molecule has 1 saturated heterocycles. The van der Waals surface area contributed by atoms with E-state index in [4.69, 9.17) is 0 Å². The molecule has 6 heteroatoms. The van der Waals surface area contributed by atoms with Gasteiger partial charge in [-0.25, -0.2) is 4.57 Å². The maximum Gasteiger partial charge on any atom is 0.408 e. The molecule has 5 nitrogen and oxygen atoms in total. The van der Waals surface area contributed by atoms with E-state index in [0.29, 0.717) is 0 Å². The molecule has 2 aromatic carbocycles. The van der Waals surface area contributed by atoms with Gasteiger partial charge in [0.2, 0.25) is 0 Å². The van der Waals surface area contributed by atoms with Crippen LogP contribution in [0.3, 0.4) is 0 Å². The molecular formula is C18H18N5S+. The lowest BCUT2D eigenvalue weighted by Gasteiger charge is -2.08. The van der Waals surface area contributed by atoms with Gasteiger partial charge in [-0.15, -0.1) is 0 Å². The highest BCUT2D eigenvalue weighted by Gasteiger charge is 2.17. The van der Waals surface area contributed by atoms with Crippen molar-refractivity contribution in [2.24, 2.45) is 17.3 Å². The summed E-state index contributed by atoms with van der Waals surface area (Å²) >= 11 is 1.57. The van der Waals surface area contributed by atoms with Crippen molar-refractivity contribution in [3.05, 3.63) is 60.1 Å². The van der Waals surface area contributed by atoms with Crippen LogP contribution in [0.4, 0.5) is 27.9 Å². The van der Waals surface area contributed by atoms with Crippen LogP contribution in [0.5, 0.6) is 0 Å². The molecule has 0 aliphatic carbocycles. The Morgan fingerprint density at radius 1 is 0.958 bits per heavy atom. The number of nitrogens with one attached hydrogen (secondary N) is 1. The van der Waals surface area contributed by atoms with E-state index < -0.39 is 0 Å². The SMILES string of the molecule is C[n+]1ccsc1N=Nc1ccc(Nc2ccc(N3CC3)cc2)cc1. The van der Waals surface area contributed by atoms with Gasteiger partial charge in [0.25, 0.3) is 0 Å². The van der Waals surface area contributed by atoms with Crippen LogP contribution >= 0.6 is 11.3 Å². The Kier molecular flexibility index (Phi) is 3.96. The van der Waals surface area contributed by atoms with Crippen molar-refractivity contribution >= 4 is 39.2 Å². The van der Waals surface area contributed by atoms with E-state index in [1.807, 2.05) is 47.5 Å². The number of nitrogens with zero attached hydrogens (tertiary/aromatic N) is 4. The smallest absolute Gasteiger partial charge is 0.368 e. The first-order chi connectivity index (χ1) is 11.8. The molecular weight excluding hydrogens is 318 g/mol. The van der Waals surface area contributed by atoms with Gasteiger partial charge in [-0.2, -0.15) is 0 Å². The lowest BCUT2D eigenvalue weighted by atomic mass is 10.2. The fourth-order valence-corrected chi connectivity index (χ4v) is 3.05. The van der Waals surface area contributed by atoms with E-state index in [-0.39, 0.29) is 0 Å². The fourth-order valence-electron chi connectivity index (χ4n) is 2.37. The molecule has 120 valence electrons. The van der Waals surface area contributed by atoms with Crippen LogP contribution in [0.1, 0.15) is 0 Å². The molecule has 0 atom stereocenters. The zero-order valence-corrected chi connectivity index (χ0v) is 14.2. The Balaban J connectivity index is 1.41. The van der Waals surface area contributed by atoms with Crippen LogP contribution in [-0.4, -0.2) is 13.1 Å². The van der Waals surface area contributed by atoms with E-state index in [9.17, 15) is 0 Å². The quantitative estimate of drug-likeness (QED) is 0.422. The van der Waals surface area contributed by atoms with Gasteiger partial charge in [-0.1, -0.05) is 0 Å². The number of hydrogen-bond acceptors (Lipinski definition) is 5. The van der Waals surface area contributed by atoms with E-state index in [1.54, 1.807) is 11.3 Å². The van der Waals surface area contributed by atoms with Crippen molar-refractivity contribution in [2.45, 2.75) is 0 Å². The lowest BCUT2D eigenvalue weighted by molar-refractivity contribution is -0.654. The van der Waals surface area contributed by atoms with Crippen molar-refractivity contribution < 1.29 is 4.57 Å². The second-order valence-electron chi connectivity index (χ2n) is 5.70. The van der Waals surface area contributed by atoms with Crippen LogP contribution in [0.2, 0.25) is 0 Å². The average molecular weight is 336 g/mol. The Labute approximate surface area is 144 Å². The number of benzene rings is 2. The molecule has 0 spiro atoms. The molecule has 1 aliphatic rings. The average Bonchev–Trinajstić information content (AvgIpc) is 3.38. The molecule has 2 heterocycles. The van der Waals surface area contributed by atoms with Gasteiger partial charge in [-0.3, -0.25) is 0 Å². The molecule has 1 aliphatic heterocycles. The number of rotatable bonds is 5. The van der Waals surface area contributed by atoms with Gasteiger partial charge in [-0.05, 0) is 65.0 Å². The minimum atomic E-state index is 0.839. The van der Waals surface area contributed by atoms with Crippen LogP contribution in [0.15, 0.2) is 70.3 Å². The van der Waals surface area contributed by atoms with E-state index in [1.165, 1.54) is 18.8 Å². The summed E-state index contributed by atoms with van der Waals surface area (Å²) in [7, 11) is 1.96. The molecule has 1 N–H and O–H groups in total. The first-order valence-electron chi connectivity index (χ1n) is 7.85. The third-order valence-corrected chi connectivity index (χ3v) is 4.68. The summed E-state index contributed by atoms with van der Waals surface area (Å²) in [5.41, 5.74) is 4.25. The van der Waals surface area contributed by atoms with Gasteiger partial charge >= 0.3 is 5.13 Å². The first kappa shape index (κ1) is 14.8. The first-order valence-corrected chi connectivity index (χ1v) is 8.73. The standard InChI is InChI=1S/C18H17N5S/c1-22-12-13-24-18(22)21-20-16-4-2-14(3-5-16)19-15-6-8-17(9-7-15)23-10-11-23/h2-9,12-13H,10-11H2,1H3/p+1. The van der Waals surface area contributed by atoms with Crippen molar-refractivity contribution in [3.63, 3.8) is 0 Å². The number of anilines is 3. The van der Waals surface area contributed by atoms with Crippen LogP contribution in [-0.2, 0) is 7.05 Å². The third-order valence-electron chi connectivity index (χ3n) is 3.85. The summed E-state index contributed by atoms with van der Waals surface area (Å²) in [4.78, 5) is 2.33. The molecule has 4 rings (SSSR count). The lowest BCUT2D eigenvalue weighted by Crippen LogP contribution is -2.23. The van der Waals surface area contributed by atoms with E-state index in [2.05, 4.69) is 44.7 Å². The minimum absolute atomic E-state index is 0.839. The molecule has 1 fully saturated rings. The van der Waals surface area contributed by atoms with Crippen molar-refractivity contribution in [1.82, 2.24) is 0 Å². The molecule has 3 aromatic rings. The van der Waals surface area contributed by atoms with Gasteiger partial charge < -0.3 is 10.2 Å². The van der Waals surface area contributed by atoms with Gasteiger partial charge in [0.1, 0.15) is 11.9 Å². The fraction of sp³-hybridized carbons (Fsp3) is 0.167. The van der Waals surface area contributed by atoms with Crippen LogP contribution in [0.25, 0.3) is 0 Å². The van der Waals surface area contributed by atoms with Crippen molar-refractivity contribution in [1.29, 1.82) is 0 Å². The maximum absolute atomic E-state index is 4.28. The summed E-state index contributed by atoms with van der Waals surface area (Å²) in [6, 6.07) is 16.5. The highest BCUT2D eigenvalue weighted by atomic mass is 32.1. The third kappa shape index (κ3) is 3.44. The van der Waals surface area contributed by atoms with Crippen LogP contribution < -0.4 is 14.8 Å². The number of aryl methyl sites for hydroxylation is 1. The monoisotopic (exact) mass is 336 g/mol. The summed E-state index contributed by atoms with van der Waals surface area (Å²) in [5, 5.41) is 14.8. The molecule has 0 unspecified atom stereocenters. The maximum atomic E-state index is 4.28. The van der Waals surface area contributed by atoms with Crippen LogP contribution in [0, 0.1) is 0 Å². The Bertz CT molecular complexity index is 848. The van der Waals surface area contributed by atoms with E-state index >= 15 is 0 Å². The second kappa shape index (κ2) is 6.41. The molecule has 1 aromatic heterocycles. The topological polar surface area (TPSA) is 43.6 Å². The summed E-state index contributed by atoms with van der Waals surface area (Å²) in [6.45, 7) is 2.35.